The lowest BCUT2D eigenvalue weighted by atomic mass is 10.0. The highest BCUT2D eigenvalue weighted by atomic mass is 16.5. The summed E-state index contributed by atoms with van der Waals surface area (Å²) in [4.78, 5) is 34.7. The van der Waals surface area contributed by atoms with Gasteiger partial charge in [-0.3, -0.25) is 14.2 Å². The summed E-state index contributed by atoms with van der Waals surface area (Å²) in [7, 11) is 1.59. The zero-order valence-corrected chi connectivity index (χ0v) is 22.8. The largest absolute Gasteiger partial charge is 0.495 e. The Balaban J connectivity index is 1.87. The number of methoxy groups -OCH3 is 1. The lowest BCUT2D eigenvalue weighted by Crippen LogP contribution is -2.39. The summed E-state index contributed by atoms with van der Waals surface area (Å²) in [6.07, 6.45) is 4.65. The number of nitrogens with zero attached hydrogens (tertiary/aromatic N) is 3. The molecule has 6 nitrogen and oxygen atoms in total. The van der Waals surface area contributed by atoms with Crippen molar-refractivity contribution in [2.45, 2.75) is 58.9 Å². The Labute approximate surface area is 224 Å². The number of para-hydroxylation sites is 3. The lowest BCUT2D eigenvalue weighted by Gasteiger charge is -2.32. The third-order valence-corrected chi connectivity index (χ3v) is 6.93. The Kier molecular flexibility index (Phi) is 8.95. The van der Waals surface area contributed by atoms with Gasteiger partial charge >= 0.3 is 0 Å². The highest BCUT2D eigenvalue weighted by molar-refractivity contribution is 5.94. The molecule has 0 spiro atoms. The highest BCUT2D eigenvalue weighted by Gasteiger charge is 2.30. The van der Waals surface area contributed by atoms with Crippen molar-refractivity contribution in [2.24, 2.45) is 0 Å². The Morgan fingerprint density at radius 3 is 2.34 bits per heavy atom. The molecule has 4 aromatic rings. The van der Waals surface area contributed by atoms with Crippen LogP contribution < -0.4 is 10.3 Å². The molecule has 0 saturated heterocycles. The van der Waals surface area contributed by atoms with E-state index >= 15 is 0 Å². The van der Waals surface area contributed by atoms with Crippen LogP contribution in [-0.2, 0) is 6.42 Å². The number of aryl methyl sites for hydroxylation is 1. The number of hydrogen-bond donors (Lipinski definition) is 0. The van der Waals surface area contributed by atoms with E-state index in [1.165, 1.54) is 5.56 Å². The molecule has 38 heavy (non-hydrogen) atoms. The molecule has 0 N–H and O–H groups in total. The number of carbonyl (C=O) groups is 1. The van der Waals surface area contributed by atoms with Gasteiger partial charge in [0.2, 0.25) is 0 Å². The molecule has 1 unspecified atom stereocenters. The van der Waals surface area contributed by atoms with Gasteiger partial charge in [0.05, 0.1) is 29.7 Å². The normalized spacial score (nSPS) is 11.9. The average Bonchev–Trinajstić information content (AvgIpc) is 2.96. The minimum Gasteiger partial charge on any atom is -0.495 e. The fourth-order valence-corrected chi connectivity index (χ4v) is 4.96. The summed E-state index contributed by atoms with van der Waals surface area (Å²) in [6.45, 7) is 6.81. The summed E-state index contributed by atoms with van der Waals surface area (Å²) in [5.74, 6) is 1.04. The van der Waals surface area contributed by atoms with Gasteiger partial charge in [0.15, 0.2) is 0 Å². The molecule has 1 atom stereocenters. The van der Waals surface area contributed by atoms with Crippen LogP contribution in [0.5, 0.6) is 5.75 Å². The third-order valence-electron chi connectivity index (χ3n) is 6.93. The second-order valence-electron chi connectivity index (χ2n) is 9.52. The number of hydrogen-bond acceptors (Lipinski definition) is 4. The van der Waals surface area contributed by atoms with Crippen molar-refractivity contribution in [3.8, 4) is 11.4 Å². The molecule has 198 valence electrons. The van der Waals surface area contributed by atoms with Crippen LogP contribution in [0.4, 0.5) is 0 Å². The number of unbranched alkanes of at least 4 members (excludes halogenated alkanes) is 1. The molecule has 1 amide bonds. The van der Waals surface area contributed by atoms with Crippen LogP contribution in [0, 0.1) is 0 Å². The molecule has 0 radical (unpaired) electrons. The second kappa shape index (κ2) is 12.5. The zero-order valence-electron chi connectivity index (χ0n) is 22.8. The molecule has 3 aromatic carbocycles. The molecule has 0 bridgehead atoms. The number of rotatable bonds is 11. The summed E-state index contributed by atoms with van der Waals surface area (Å²) < 4.78 is 7.26. The second-order valence-corrected chi connectivity index (χ2v) is 9.52. The summed E-state index contributed by atoms with van der Waals surface area (Å²) >= 11 is 0. The predicted molar refractivity (Wildman–Crippen MR) is 153 cm³/mol. The molecule has 6 heteroatoms. The quantitative estimate of drug-likeness (QED) is 0.224. The van der Waals surface area contributed by atoms with Crippen LogP contribution in [0.2, 0.25) is 0 Å². The van der Waals surface area contributed by atoms with Crippen molar-refractivity contribution >= 4 is 16.8 Å². The maximum absolute atomic E-state index is 13.9. The minimum atomic E-state index is -0.413. The van der Waals surface area contributed by atoms with E-state index in [2.05, 4.69) is 13.8 Å². The first kappa shape index (κ1) is 27.1. The Morgan fingerprint density at radius 2 is 1.66 bits per heavy atom. The monoisotopic (exact) mass is 511 g/mol. The Hall–Kier alpha value is -3.93. The summed E-state index contributed by atoms with van der Waals surface area (Å²) in [5.41, 5.74) is 2.91. The van der Waals surface area contributed by atoms with Crippen molar-refractivity contribution < 1.29 is 9.53 Å². The zero-order chi connectivity index (χ0) is 27.1. The van der Waals surface area contributed by atoms with E-state index in [0.29, 0.717) is 46.7 Å². The fraction of sp³-hybridized carbons (Fsp3) is 0.344. The average molecular weight is 512 g/mol. The molecular weight excluding hydrogens is 474 g/mol. The van der Waals surface area contributed by atoms with Crippen molar-refractivity contribution in [3.05, 3.63) is 100 Å². The number of benzene rings is 3. The van der Waals surface area contributed by atoms with Gasteiger partial charge in [-0.2, -0.15) is 0 Å². The van der Waals surface area contributed by atoms with Gasteiger partial charge in [-0.15, -0.1) is 0 Å². The molecule has 0 aliphatic carbocycles. The molecule has 0 fully saturated rings. The predicted octanol–water partition coefficient (Wildman–Crippen LogP) is 6.74. The SMILES string of the molecule is CCCCc1ccc(C(=O)N(CCC)C(CC)c2nc3ccccc3c(=O)n2-c2ccccc2OC)cc1. The van der Waals surface area contributed by atoms with Crippen molar-refractivity contribution in [1.82, 2.24) is 14.5 Å². The number of amides is 1. The first-order chi connectivity index (χ1) is 18.5. The van der Waals surface area contributed by atoms with Gasteiger partial charge in [0, 0.05) is 12.1 Å². The maximum atomic E-state index is 13.9. The van der Waals surface area contributed by atoms with E-state index in [-0.39, 0.29) is 11.5 Å². The summed E-state index contributed by atoms with van der Waals surface area (Å²) in [5, 5.41) is 0.521. The number of ether oxygens (including phenoxy) is 1. The number of aromatic nitrogens is 2. The van der Waals surface area contributed by atoms with Crippen LogP contribution in [0.15, 0.2) is 77.6 Å². The van der Waals surface area contributed by atoms with Crippen molar-refractivity contribution in [2.75, 3.05) is 13.7 Å². The van der Waals surface area contributed by atoms with Crippen LogP contribution in [0.1, 0.15) is 74.2 Å². The van der Waals surface area contributed by atoms with Crippen LogP contribution in [0.25, 0.3) is 16.6 Å². The first-order valence-electron chi connectivity index (χ1n) is 13.6. The van der Waals surface area contributed by atoms with E-state index in [1.807, 2.05) is 78.6 Å². The van der Waals surface area contributed by atoms with E-state index < -0.39 is 6.04 Å². The highest BCUT2D eigenvalue weighted by Crippen LogP contribution is 2.30. The molecule has 4 rings (SSSR count). The van der Waals surface area contributed by atoms with E-state index in [1.54, 1.807) is 17.7 Å². The van der Waals surface area contributed by atoms with E-state index in [4.69, 9.17) is 9.72 Å². The number of carbonyl (C=O) groups excluding carboxylic acids is 1. The number of fused-ring (bicyclic) bond motifs is 1. The van der Waals surface area contributed by atoms with E-state index in [9.17, 15) is 9.59 Å². The molecule has 0 aliphatic heterocycles. The molecule has 1 aromatic heterocycles. The lowest BCUT2D eigenvalue weighted by molar-refractivity contribution is 0.0659. The van der Waals surface area contributed by atoms with E-state index in [0.717, 1.165) is 25.7 Å². The van der Waals surface area contributed by atoms with Gasteiger partial charge in [-0.1, -0.05) is 63.6 Å². The summed E-state index contributed by atoms with van der Waals surface area (Å²) in [6, 6.07) is 22.3. The molecular formula is C32H37N3O3. The molecule has 1 heterocycles. The fourth-order valence-electron chi connectivity index (χ4n) is 4.96. The Bertz CT molecular complexity index is 1440. The molecule has 0 aliphatic rings. The van der Waals surface area contributed by atoms with Crippen LogP contribution in [0.3, 0.4) is 0 Å². The van der Waals surface area contributed by atoms with Gasteiger partial charge in [0.1, 0.15) is 11.6 Å². The van der Waals surface area contributed by atoms with Crippen molar-refractivity contribution in [3.63, 3.8) is 0 Å². The van der Waals surface area contributed by atoms with Gasteiger partial charge in [0.25, 0.3) is 11.5 Å². The first-order valence-corrected chi connectivity index (χ1v) is 13.6. The van der Waals surface area contributed by atoms with Crippen LogP contribution >= 0.6 is 0 Å². The van der Waals surface area contributed by atoms with Crippen LogP contribution in [-0.4, -0.2) is 34.0 Å². The van der Waals surface area contributed by atoms with Gasteiger partial charge in [-0.05, 0) is 67.6 Å². The minimum absolute atomic E-state index is 0.0604. The Morgan fingerprint density at radius 1 is 0.947 bits per heavy atom. The smallest absolute Gasteiger partial charge is 0.266 e. The topological polar surface area (TPSA) is 64.4 Å². The third kappa shape index (κ3) is 5.49. The maximum Gasteiger partial charge on any atom is 0.266 e. The van der Waals surface area contributed by atoms with Gasteiger partial charge in [-0.25, -0.2) is 4.98 Å². The van der Waals surface area contributed by atoms with Crippen molar-refractivity contribution in [1.29, 1.82) is 0 Å². The standard InChI is InChI=1S/C32H37N3O3/c1-5-8-13-23-18-20-24(21-19-23)31(36)34(22-6-2)27(7-3)30-33-26-15-10-9-14-25(26)32(37)35(30)28-16-11-12-17-29(28)38-4/h9-12,14-21,27H,5-8,13,22H2,1-4H3. The molecule has 0 saturated carbocycles. The van der Waals surface area contributed by atoms with Gasteiger partial charge < -0.3 is 9.64 Å².